The summed E-state index contributed by atoms with van der Waals surface area (Å²) in [6.45, 7) is 3.07. The first-order valence-corrected chi connectivity index (χ1v) is 7.48. The van der Waals surface area contributed by atoms with E-state index in [1.165, 1.54) is 22.6 Å². The lowest BCUT2D eigenvalue weighted by Crippen LogP contribution is -1.98. The van der Waals surface area contributed by atoms with Crippen LogP contribution in [0, 0.1) is 0 Å². The molecule has 1 nitrogen and oxygen atoms in total. The van der Waals surface area contributed by atoms with E-state index < -0.39 is 0 Å². The van der Waals surface area contributed by atoms with Crippen molar-refractivity contribution >= 4 is 17.4 Å². The number of nitrogens with one attached hydrogen (secondary N) is 1. The second-order valence-corrected chi connectivity index (χ2v) is 5.45. The zero-order valence-electron chi connectivity index (χ0n) is 10.7. The molecule has 0 heterocycles. The van der Waals surface area contributed by atoms with Gasteiger partial charge in [-0.1, -0.05) is 49.4 Å². The Kier molecular flexibility index (Phi) is 5.15. The van der Waals surface area contributed by atoms with Crippen molar-refractivity contribution in [3.63, 3.8) is 0 Å². The van der Waals surface area contributed by atoms with Crippen molar-refractivity contribution in [3.05, 3.63) is 65.7 Å². The van der Waals surface area contributed by atoms with E-state index in [1.807, 2.05) is 17.8 Å². The molecule has 0 aliphatic heterocycles. The molecule has 0 aromatic heterocycles. The molecule has 94 valence electrons. The maximum atomic E-state index is 3.44. The van der Waals surface area contributed by atoms with Crippen LogP contribution in [0.15, 0.2) is 54.6 Å². The lowest BCUT2D eigenvalue weighted by molar-refractivity contribution is 1.15. The average Bonchev–Trinajstić information content (AvgIpc) is 2.45. The largest absolute Gasteiger partial charge is 0.381 e. The zero-order chi connectivity index (χ0) is 12.6. The standard InChI is InChI=1S/C16H19NS/c1-2-18-13-15-8-10-16(11-9-15)17-12-14-6-4-3-5-7-14/h3-11,17H,2,12-13H2,1H3. The van der Waals surface area contributed by atoms with E-state index in [-0.39, 0.29) is 0 Å². The predicted molar refractivity (Wildman–Crippen MR) is 82.0 cm³/mol. The van der Waals surface area contributed by atoms with Gasteiger partial charge in [-0.15, -0.1) is 0 Å². The quantitative estimate of drug-likeness (QED) is 0.814. The third kappa shape index (κ3) is 4.11. The molecule has 0 amide bonds. The van der Waals surface area contributed by atoms with Crippen LogP contribution in [0.5, 0.6) is 0 Å². The van der Waals surface area contributed by atoms with Gasteiger partial charge >= 0.3 is 0 Å². The fraction of sp³-hybridized carbons (Fsp3) is 0.250. The Labute approximate surface area is 114 Å². The van der Waals surface area contributed by atoms with Crippen LogP contribution in [0.3, 0.4) is 0 Å². The molecule has 18 heavy (non-hydrogen) atoms. The summed E-state index contributed by atoms with van der Waals surface area (Å²) in [4.78, 5) is 0. The summed E-state index contributed by atoms with van der Waals surface area (Å²) in [6, 6.07) is 19.2. The number of hydrogen-bond donors (Lipinski definition) is 1. The topological polar surface area (TPSA) is 12.0 Å². The first-order valence-electron chi connectivity index (χ1n) is 6.33. The van der Waals surface area contributed by atoms with Gasteiger partial charge in [-0.2, -0.15) is 11.8 Å². The van der Waals surface area contributed by atoms with Crippen LogP contribution >= 0.6 is 11.8 Å². The molecule has 2 aromatic rings. The highest BCUT2D eigenvalue weighted by molar-refractivity contribution is 7.98. The van der Waals surface area contributed by atoms with Crippen molar-refractivity contribution in [2.24, 2.45) is 0 Å². The van der Waals surface area contributed by atoms with Crippen LogP contribution in [0.1, 0.15) is 18.1 Å². The van der Waals surface area contributed by atoms with E-state index in [4.69, 9.17) is 0 Å². The van der Waals surface area contributed by atoms with Crippen LogP contribution in [-0.4, -0.2) is 5.75 Å². The van der Waals surface area contributed by atoms with Crippen molar-refractivity contribution in [3.8, 4) is 0 Å². The Morgan fingerprint density at radius 3 is 2.28 bits per heavy atom. The summed E-state index contributed by atoms with van der Waals surface area (Å²) in [5.74, 6) is 2.28. The first-order chi connectivity index (χ1) is 8.88. The Bertz CT molecular complexity index is 450. The Hall–Kier alpha value is -1.41. The van der Waals surface area contributed by atoms with Gasteiger partial charge in [-0.05, 0) is 29.0 Å². The molecule has 0 unspecified atom stereocenters. The van der Waals surface area contributed by atoms with Crippen LogP contribution < -0.4 is 5.32 Å². The molecule has 2 aromatic carbocycles. The van der Waals surface area contributed by atoms with Gasteiger partial charge in [0.25, 0.3) is 0 Å². The minimum atomic E-state index is 0.879. The minimum absolute atomic E-state index is 0.879. The fourth-order valence-corrected chi connectivity index (χ4v) is 2.37. The van der Waals surface area contributed by atoms with E-state index in [1.54, 1.807) is 0 Å². The monoisotopic (exact) mass is 257 g/mol. The highest BCUT2D eigenvalue weighted by atomic mass is 32.2. The molecule has 0 fully saturated rings. The van der Waals surface area contributed by atoms with Crippen molar-refractivity contribution in [2.75, 3.05) is 11.1 Å². The minimum Gasteiger partial charge on any atom is -0.381 e. The van der Waals surface area contributed by atoms with Gasteiger partial charge in [0.2, 0.25) is 0 Å². The van der Waals surface area contributed by atoms with Gasteiger partial charge in [-0.25, -0.2) is 0 Å². The number of rotatable bonds is 6. The van der Waals surface area contributed by atoms with Crippen molar-refractivity contribution in [1.29, 1.82) is 0 Å². The van der Waals surface area contributed by atoms with E-state index in [0.29, 0.717) is 0 Å². The molecule has 0 aliphatic carbocycles. The highest BCUT2D eigenvalue weighted by Crippen LogP contribution is 2.15. The van der Waals surface area contributed by atoms with Crippen LogP contribution in [-0.2, 0) is 12.3 Å². The Morgan fingerprint density at radius 2 is 1.61 bits per heavy atom. The molecule has 1 N–H and O–H groups in total. The lowest BCUT2D eigenvalue weighted by Gasteiger charge is -2.07. The molecule has 0 saturated heterocycles. The molecule has 0 atom stereocenters. The Balaban J connectivity index is 1.86. The predicted octanol–water partition coefficient (Wildman–Crippen LogP) is 4.55. The maximum absolute atomic E-state index is 3.44. The van der Waals surface area contributed by atoms with Gasteiger partial charge in [0.1, 0.15) is 0 Å². The second kappa shape index (κ2) is 7.12. The van der Waals surface area contributed by atoms with Gasteiger partial charge < -0.3 is 5.32 Å². The molecular weight excluding hydrogens is 238 g/mol. The number of anilines is 1. The first kappa shape index (κ1) is 13.0. The second-order valence-electron chi connectivity index (χ2n) is 4.17. The molecule has 2 heteroatoms. The van der Waals surface area contributed by atoms with Crippen molar-refractivity contribution in [2.45, 2.75) is 19.2 Å². The zero-order valence-corrected chi connectivity index (χ0v) is 11.5. The SMILES string of the molecule is CCSCc1ccc(NCc2ccccc2)cc1. The van der Waals surface area contributed by atoms with Crippen LogP contribution in [0.25, 0.3) is 0 Å². The molecule has 0 radical (unpaired) electrons. The smallest absolute Gasteiger partial charge is 0.0400 e. The maximum Gasteiger partial charge on any atom is 0.0400 e. The molecule has 0 saturated carbocycles. The Morgan fingerprint density at radius 1 is 0.889 bits per heavy atom. The van der Waals surface area contributed by atoms with Gasteiger partial charge in [0.05, 0.1) is 0 Å². The van der Waals surface area contributed by atoms with Crippen LogP contribution in [0.4, 0.5) is 5.69 Å². The van der Waals surface area contributed by atoms with Gasteiger partial charge in [0.15, 0.2) is 0 Å². The lowest BCUT2D eigenvalue weighted by atomic mass is 10.2. The number of hydrogen-bond acceptors (Lipinski definition) is 2. The fourth-order valence-electron chi connectivity index (χ4n) is 1.74. The molecular formula is C16H19NS. The summed E-state index contributed by atoms with van der Waals surface area (Å²) in [5, 5.41) is 3.44. The summed E-state index contributed by atoms with van der Waals surface area (Å²) in [7, 11) is 0. The van der Waals surface area contributed by atoms with Crippen LogP contribution in [0.2, 0.25) is 0 Å². The average molecular weight is 257 g/mol. The molecule has 2 rings (SSSR count). The molecule has 0 bridgehead atoms. The summed E-state index contributed by atoms with van der Waals surface area (Å²) in [6.07, 6.45) is 0. The third-order valence-electron chi connectivity index (χ3n) is 2.77. The van der Waals surface area contributed by atoms with E-state index >= 15 is 0 Å². The third-order valence-corrected chi connectivity index (χ3v) is 3.71. The van der Waals surface area contributed by atoms with Gasteiger partial charge in [-0.3, -0.25) is 0 Å². The van der Waals surface area contributed by atoms with Gasteiger partial charge in [0, 0.05) is 18.0 Å². The van der Waals surface area contributed by atoms with E-state index in [2.05, 4.69) is 60.8 Å². The highest BCUT2D eigenvalue weighted by Gasteiger charge is 1.95. The van der Waals surface area contributed by atoms with E-state index in [9.17, 15) is 0 Å². The number of benzene rings is 2. The molecule has 0 aliphatic rings. The normalized spacial score (nSPS) is 10.3. The number of thioether (sulfide) groups is 1. The summed E-state index contributed by atoms with van der Waals surface area (Å²) in [5.41, 5.74) is 3.89. The van der Waals surface area contributed by atoms with E-state index in [0.717, 1.165) is 12.3 Å². The summed E-state index contributed by atoms with van der Waals surface area (Å²) >= 11 is 1.96. The van der Waals surface area contributed by atoms with Crippen molar-refractivity contribution in [1.82, 2.24) is 0 Å². The molecule has 0 spiro atoms. The van der Waals surface area contributed by atoms with Crippen molar-refractivity contribution < 1.29 is 0 Å². The summed E-state index contributed by atoms with van der Waals surface area (Å²) < 4.78 is 0.